The average molecular weight is 621 g/mol. The number of imidazole rings is 1. The standard InChI is InChI=1S/C27H30F6N4O4S/c1-6-42(40,41)18-11-10-17(34-13-18)12-35-23(39)21-15(2)37(24(36-21)25(3,4)5)14-16-8-7-9-19(20(16)26(28,29)30)22(38)27(31,32)33/h7-11,13,22,38H,6,12,14H2,1-5H3,(H,35,39). The maximum Gasteiger partial charge on any atom is 0.418 e. The molecule has 0 aliphatic heterocycles. The molecule has 1 amide bonds. The number of halogens is 6. The lowest BCUT2D eigenvalue weighted by Gasteiger charge is -2.25. The molecule has 0 aliphatic carbocycles. The molecule has 15 heteroatoms. The van der Waals surface area contributed by atoms with Crippen molar-refractivity contribution in [1.82, 2.24) is 19.9 Å². The van der Waals surface area contributed by atoms with Gasteiger partial charge in [-0.3, -0.25) is 9.78 Å². The second kappa shape index (κ2) is 11.7. The summed E-state index contributed by atoms with van der Waals surface area (Å²) >= 11 is 0. The molecule has 2 N–H and O–H groups in total. The van der Waals surface area contributed by atoms with Crippen LogP contribution in [0.2, 0.25) is 0 Å². The van der Waals surface area contributed by atoms with Crippen molar-refractivity contribution < 1.29 is 44.7 Å². The van der Waals surface area contributed by atoms with Crippen LogP contribution in [0.5, 0.6) is 0 Å². The van der Waals surface area contributed by atoms with Gasteiger partial charge in [-0.15, -0.1) is 0 Å². The summed E-state index contributed by atoms with van der Waals surface area (Å²) < 4.78 is 107. The van der Waals surface area contributed by atoms with E-state index in [1.54, 1.807) is 20.8 Å². The molecule has 1 unspecified atom stereocenters. The molecule has 0 aliphatic rings. The molecule has 0 saturated heterocycles. The first-order chi connectivity index (χ1) is 19.2. The van der Waals surface area contributed by atoms with Gasteiger partial charge in [0.15, 0.2) is 15.9 Å². The summed E-state index contributed by atoms with van der Waals surface area (Å²) in [7, 11) is -3.47. The van der Waals surface area contributed by atoms with Crippen LogP contribution in [0.25, 0.3) is 0 Å². The number of hydrogen-bond acceptors (Lipinski definition) is 6. The van der Waals surface area contributed by atoms with Gasteiger partial charge in [0.05, 0.1) is 28.5 Å². The Bertz CT molecular complexity index is 1560. The van der Waals surface area contributed by atoms with E-state index in [-0.39, 0.29) is 34.4 Å². The largest absolute Gasteiger partial charge is 0.418 e. The Morgan fingerprint density at radius 2 is 1.71 bits per heavy atom. The van der Waals surface area contributed by atoms with Crippen LogP contribution in [0.1, 0.15) is 78.2 Å². The lowest BCUT2D eigenvalue weighted by atomic mass is 9.94. The van der Waals surface area contributed by atoms with Crippen LogP contribution in [0.3, 0.4) is 0 Å². The minimum Gasteiger partial charge on any atom is -0.379 e. The van der Waals surface area contributed by atoms with Gasteiger partial charge in [-0.25, -0.2) is 13.4 Å². The normalized spacial score (nSPS) is 13.7. The van der Waals surface area contributed by atoms with Crippen LogP contribution >= 0.6 is 0 Å². The van der Waals surface area contributed by atoms with Gasteiger partial charge in [0, 0.05) is 29.4 Å². The molecule has 3 aromatic rings. The molecule has 0 bridgehead atoms. The number of benzene rings is 1. The average Bonchev–Trinajstić information content (AvgIpc) is 3.22. The van der Waals surface area contributed by atoms with Crippen molar-refractivity contribution in [3.05, 3.63) is 76.1 Å². The number of pyridine rings is 1. The Morgan fingerprint density at radius 3 is 2.21 bits per heavy atom. The molecule has 0 spiro atoms. The Balaban J connectivity index is 2.00. The Morgan fingerprint density at radius 1 is 1.07 bits per heavy atom. The Kier molecular flexibility index (Phi) is 9.18. The van der Waals surface area contributed by atoms with Crippen molar-refractivity contribution in [2.75, 3.05) is 5.75 Å². The molecule has 0 fully saturated rings. The summed E-state index contributed by atoms with van der Waals surface area (Å²) in [6.45, 7) is 7.36. The number of carbonyl (C=O) groups is 1. The molecule has 0 radical (unpaired) electrons. The molecule has 2 heterocycles. The number of aromatic nitrogens is 3. The number of aliphatic hydroxyl groups excluding tert-OH is 1. The zero-order valence-corrected chi connectivity index (χ0v) is 24.2. The van der Waals surface area contributed by atoms with E-state index >= 15 is 0 Å². The minimum absolute atomic E-state index is 0.0227. The van der Waals surface area contributed by atoms with E-state index in [1.807, 2.05) is 0 Å². The van der Waals surface area contributed by atoms with Crippen LogP contribution in [0.4, 0.5) is 26.3 Å². The van der Waals surface area contributed by atoms with Gasteiger partial charge in [-0.05, 0) is 24.6 Å². The third-order valence-corrected chi connectivity index (χ3v) is 8.19. The van der Waals surface area contributed by atoms with Gasteiger partial charge >= 0.3 is 12.4 Å². The maximum atomic E-state index is 14.1. The van der Waals surface area contributed by atoms with Gasteiger partial charge in [-0.1, -0.05) is 45.9 Å². The molecule has 42 heavy (non-hydrogen) atoms. The molecular weight excluding hydrogens is 590 g/mol. The molecule has 230 valence electrons. The number of nitrogens with zero attached hydrogens (tertiary/aromatic N) is 3. The smallest absolute Gasteiger partial charge is 0.379 e. The highest BCUT2D eigenvalue weighted by atomic mass is 32.2. The fraction of sp³-hybridized carbons (Fsp3) is 0.444. The summed E-state index contributed by atoms with van der Waals surface area (Å²) in [5, 5.41) is 12.3. The number of amides is 1. The van der Waals surface area contributed by atoms with E-state index in [0.29, 0.717) is 11.8 Å². The van der Waals surface area contributed by atoms with Crippen LogP contribution in [0, 0.1) is 6.92 Å². The van der Waals surface area contributed by atoms with Gasteiger partial charge in [0.25, 0.3) is 5.91 Å². The molecule has 1 atom stereocenters. The predicted molar refractivity (Wildman–Crippen MR) is 140 cm³/mol. The van der Waals surface area contributed by atoms with Crippen molar-refractivity contribution in [3.8, 4) is 0 Å². The summed E-state index contributed by atoms with van der Waals surface area (Å²) in [5.74, 6) is -0.603. The van der Waals surface area contributed by atoms with E-state index in [0.717, 1.165) is 12.1 Å². The molecule has 3 rings (SSSR count). The highest BCUT2D eigenvalue weighted by Gasteiger charge is 2.46. The van der Waals surface area contributed by atoms with E-state index in [9.17, 15) is 44.7 Å². The molecule has 0 saturated carbocycles. The van der Waals surface area contributed by atoms with Gasteiger partial charge in [-0.2, -0.15) is 26.3 Å². The van der Waals surface area contributed by atoms with E-state index < -0.39 is 62.9 Å². The first kappa shape index (κ1) is 33.0. The third-order valence-electron chi connectivity index (χ3n) is 6.47. The van der Waals surface area contributed by atoms with Crippen LogP contribution in [-0.4, -0.2) is 45.9 Å². The lowest BCUT2D eigenvalue weighted by Crippen LogP contribution is -2.26. The van der Waals surface area contributed by atoms with Crippen molar-refractivity contribution >= 4 is 15.7 Å². The van der Waals surface area contributed by atoms with Crippen LogP contribution in [-0.2, 0) is 34.5 Å². The van der Waals surface area contributed by atoms with Crippen molar-refractivity contribution in [2.24, 2.45) is 0 Å². The second-order valence-corrected chi connectivity index (χ2v) is 12.9. The monoisotopic (exact) mass is 620 g/mol. The SMILES string of the molecule is CCS(=O)(=O)c1ccc(CNC(=O)c2nc(C(C)(C)C)n(Cc3cccc(C(O)C(F)(F)F)c3C(F)(F)F)c2C)nc1. The lowest BCUT2D eigenvalue weighted by molar-refractivity contribution is -0.209. The van der Waals surface area contributed by atoms with Crippen LogP contribution < -0.4 is 5.32 Å². The summed E-state index contributed by atoms with van der Waals surface area (Å²) in [5.41, 5.74) is -3.92. The third kappa shape index (κ3) is 7.12. The van der Waals surface area contributed by atoms with Crippen molar-refractivity contribution in [3.63, 3.8) is 0 Å². The summed E-state index contributed by atoms with van der Waals surface area (Å²) in [4.78, 5) is 21.5. The summed E-state index contributed by atoms with van der Waals surface area (Å²) in [6, 6.07) is 5.36. The first-order valence-electron chi connectivity index (χ1n) is 12.7. The molecular formula is C27H30F6N4O4S. The van der Waals surface area contributed by atoms with E-state index in [1.165, 1.54) is 36.7 Å². The number of aliphatic hydroxyl groups is 1. The molecule has 2 aromatic heterocycles. The van der Waals surface area contributed by atoms with Crippen molar-refractivity contribution in [2.45, 2.75) is 76.5 Å². The zero-order chi connectivity index (χ0) is 31.8. The molecule has 1 aromatic carbocycles. The number of alkyl halides is 6. The number of rotatable bonds is 8. The topological polar surface area (TPSA) is 114 Å². The Labute approximate surface area is 238 Å². The highest BCUT2D eigenvalue weighted by molar-refractivity contribution is 7.91. The van der Waals surface area contributed by atoms with Gasteiger partial charge in [0.1, 0.15) is 11.5 Å². The van der Waals surface area contributed by atoms with Crippen molar-refractivity contribution in [1.29, 1.82) is 0 Å². The maximum absolute atomic E-state index is 14.1. The number of nitrogens with one attached hydrogen (secondary N) is 1. The zero-order valence-electron chi connectivity index (χ0n) is 23.4. The fourth-order valence-electron chi connectivity index (χ4n) is 4.31. The fourth-order valence-corrected chi connectivity index (χ4v) is 5.13. The van der Waals surface area contributed by atoms with E-state index in [4.69, 9.17) is 0 Å². The number of carbonyl (C=O) groups excluding carboxylic acids is 1. The van der Waals surface area contributed by atoms with Gasteiger partial charge in [0.2, 0.25) is 0 Å². The van der Waals surface area contributed by atoms with E-state index in [2.05, 4.69) is 15.3 Å². The molecule has 8 nitrogen and oxygen atoms in total. The highest BCUT2D eigenvalue weighted by Crippen LogP contribution is 2.42. The minimum atomic E-state index is -5.33. The predicted octanol–water partition coefficient (Wildman–Crippen LogP) is 5.27. The number of hydrogen-bond donors (Lipinski definition) is 2. The Hall–Kier alpha value is -3.46. The summed E-state index contributed by atoms with van der Waals surface area (Å²) in [6.07, 6.45) is -12.7. The second-order valence-electron chi connectivity index (χ2n) is 10.6. The number of sulfone groups is 1. The quantitative estimate of drug-likeness (QED) is 0.332. The van der Waals surface area contributed by atoms with Crippen LogP contribution in [0.15, 0.2) is 41.4 Å². The first-order valence-corrected chi connectivity index (χ1v) is 14.3. The van der Waals surface area contributed by atoms with Gasteiger partial charge < -0.3 is 15.0 Å².